The molecule has 1 atom stereocenters. The van der Waals surface area contributed by atoms with Gasteiger partial charge in [0.2, 0.25) is 5.91 Å². The zero-order valence-corrected chi connectivity index (χ0v) is 12.5. The van der Waals surface area contributed by atoms with Crippen LogP contribution in [0.2, 0.25) is 0 Å². The Hall–Kier alpha value is -2.20. The summed E-state index contributed by atoms with van der Waals surface area (Å²) >= 11 is 0. The number of para-hydroxylation sites is 1. The van der Waals surface area contributed by atoms with Crippen molar-refractivity contribution in [2.24, 2.45) is 0 Å². The number of hydrogen-bond donors (Lipinski definition) is 1. The molecule has 0 radical (unpaired) electrons. The van der Waals surface area contributed by atoms with Crippen LogP contribution in [0.25, 0.3) is 0 Å². The second kappa shape index (κ2) is 7.55. The van der Waals surface area contributed by atoms with Crippen molar-refractivity contribution >= 4 is 11.6 Å². The number of carbonyl (C=O) groups excluding carboxylic acids is 1. The monoisotopic (exact) mass is 283 g/mol. The van der Waals surface area contributed by atoms with Gasteiger partial charge in [-0.15, -0.1) is 0 Å². The zero-order chi connectivity index (χ0) is 15.1. The lowest BCUT2D eigenvalue weighted by Crippen LogP contribution is -2.34. The summed E-state index contributed by atoms with van der Waals surface area (Å²) in [7, 11) is 1.81. The quantitative estimate of drug-likeness (QED) is 0.886. The summed E-state index contributed by atoms with van der Waals surface area (Å²) in [5, 5.41) is 3.35. The number of amides is 1. The number of anilines is 1. The molecule has 110 valence electrons. The Morgan fingerprint density at radius 3 is 2.67 bits per heavy atom. The van der Waals surface area contributed by atoms with Crippen molar-refractivity contribution in [1.82, 2.24) is 10.3 Å². The number of aromatic nitrogens is 1. The minimum absolute atomic E-state index is 0.104. The van der Waals surface area contributed by atoms with Gasteiger partial charge >= 0.3 is 0 Å². The zero-order valence-electron chi connectivity index (χ0n) is 12.5. The molecule has 1 amide bonds. The molecule has 0 bridgehead atoms. The summed E-state index contributed by atoms with van der Waals surface area (Å²) in [6.45, 7) is 2.74. The van der Waals surface area contributed by atoms with E-state index in [4.69, 9.17) is 0 Å². The summed E-state index contributed by atoms with van der Waals surface area (Å²) in [4.78, 5) is 18.0. The molecular weight excluding hydrogens is 262 g/mol. The topological polar surface area (TPSA) is 45.2 Å². The van der Waals surface area contributed by atoms with E-state index in [9.17, 15) is 4.79 Å². The van der Waals surface area contributed by atoms with Crippen molar-refractivity contribution in [3.63, 3.8) is 0 Å². The fourth-order valence-corrected chi connectivity index (χ4v) is 2.06. The first-order valence-corrected chi connectivity index (χ1v) is 7.10. The Morgan fingerprint density at radius 2 is 2.00 bits per heavy atom. The first-order valence-electron chi connectivity index (χ1n) is 7.10. The molecule has 1 aromatic carbocycles. The highest BCUT2D eigenvalue weighted by atomic mass is 16.2. The number of pyridine rings is 1. The van der Waals surface area contributed by atoms with Crippen LogP contribution < -0.4 is 10.2 Å². The van der Waals surface area contributed by atoms with E-state index in [0.29, 0.717) is 6.42 Å². The normalized spacial score (nSPS) is 11.9. The summed E-state index contributed by atoms with van der Waals surface area (Å²) in [6.07, 6.45) is 4.05. The van der Waals surface area contributed by atoms with E-state index in [0.717, 1.165) is 17.8 Å². The fraction of sp³-hybridized carbons (Fsp3) is 0.294. The van der Waals surface area contributed by atoms with Crippen molar-refractivity contribution in [1.29, 1.82) is 0 Å². The van der Waals surface area contributed by atoms with Crippen LogP contribution in [0.3, 0.4) is 0 Å². The molecule has 0 unspecified atom stereocenters. The molecule has 4 nitrogen and oxygen atoms in total. The van der Waals surface area contributed by atoms with Crippen LogP contribution in [0.1, 0.15) is 18.9 Å². The highest BCUT2D eigenvalue weighted by Gasteiger charge is 2.14. The van der Waals surface area contributed by atoms with Crippen molar-refractivity contribution in [3.8, 4) is 0 Å². The molecular formula is C17H21N3O. The van der Waals surface area contributed by atoms with Gasteiger partial charge in [0.25, 0.3) is 0 Å². The Balaban J connectivity index is 1.82. The maximum absolute atomic E-state index is 12.2. The molecule has 2 rings (SSSR count). The Kier molecular flexibility index (Phi) is 5.46. The molecule has 0 saturated carbocycles. The smallest absolute Gasteiger partial charge is 0.228 e. The van der Waals surface area contributed by atoms with Gasteiger partial charge in [-0.2, -0.15) is 0 Å². The third kappa shape index (κ3) is 4.68. The minimum atomic E-state index is 0.104. The van der Waals surface area contributed by atoms with Gasteiger partial charge in [-0.25, -0.2) is 0 Å². The van der Waals surface area contributed by atoms with Gasteiger partial charge in [0.1, 0.15) is 0 Å². The van der Waals surface area contributed by atoms with Gasteiger partial charge in [-0.3, -0.25) is 9.78 Å². The van der Waals surface area contributed by atoms with E-state index < -0.39 is 0 Å². The number of benzene rings is 1. The molecule has 21 heavy (non-hydrogen) atoms. The molecule has 0 aliphatic carbocycles. The molecule has 0 aliphatic rings. The number of hydrogen-bond acceptors (Lipinski definition) is 3. The van der Waals surface area contributed by atoms with E-state index in [-0.39, 0.29) is 11.9 Å². The van der Waals surface area contributed by atoms with Crippen LogP contribution in [0.4, 0.5) is 5.69 Å². The third-order valence-electron chi connectivity index (χ3n) is 3.38. The summed E-state index contributed by atoms with van der Waals surface area (Å²) in [5.74, 6) is 0.104. The van der Waals surface area contributed by atoms with Crippen molar-refractivity contribution < 1.29 is 4.79 Å². The maximum Gasteiger partial charge on any atom is 0.228 e. The standard InChI is InChI=1S/C17H21N3O/c1-14(19-13-15-7-6-10-18-12-15)11-17(21)20(2)16-8-4-3-5-9-16/h3-10,12,14,19H,11,13H2,1-2H3/t14-/m0/s1. The lowest BCUT2D eigenvalue weighted by atomic mass is 10.2. The Labute approximate surface area is 125 Å². The Bertz CT molecular complexity index is 557. The lowest BCUT2D eigenvalue weighted by Gasteiger charge is -2.20. The highest BCUT2D eigenvalue weighted by molar-refractivity contribution is 5.93. The molecule has 0 saturated heterocycles. The first kappa shape index (κ1) is 15.2. The first-order chi connectivity index (χ1) is 10.2. The molecule has 1 N–H and O–H groups in total. The van der Waals surface area contributed by atoms with Crippen LogP contribution in [0, 0.1) is 0 Å². The molecule has 4 heteroatoms. The Morgan fingerprint density at radius 1 is 1.24 bits per heavy atom. The third-order valence-corrected chi connectivity index (χ3v) is 3.38. The minimum Gasteiger partial charge on any atom is -0.315 e. The average molecular weight is 283 g/mol. The molecule has 2 aromatic rings. The van der Waals surface area contributed by atoms with Gasteiger partial charge in [-0.05, 0) is 30.7 Å². The van der Waals surface area contributed by atoms with E-state index in [1.165, 1.54) is 0 Å². The summed E-state index contributed by atoms with van der Waals surface area (Å²) in [5.41, 5.74) is 2.04. The SMILES string of the molecule is C[C@@H](CC(=O)N(C)c1ccccc1)NCc1cccnc1. The second-order valence-electron chi connectivity index (χ2n) is 5.14. The molecule has 0 fully saturated rings. The highest BCUT2D eigenvalue weighted by Crippen LogP contribution is 2.12. The van der Waals surface area contributed by atoms with E-state index in [2.05, 4.69) is 10.3 Å². The summed E-state index contributed by atoms with van der Waals surface area (Å²) in [6, 6.07) is 13.7. The van der Waals surface area contributed by atoms with Crippen LogP contribution in [0.15, 0.2) is 54.9 Å². The van der Waals surface area contributed by atoms with E-state index in [1.807, 2.05) is 62.6 Å². The number of carbonyl (C=O) groups is 1. The predicted molar refractivity (Wildman–Crippen MR) is 85.0 cm³/mol. The number of nitrogens with one attached hydrogen (secondary N) is 1. The van der Waals surface area contributed by atoms with Gasteiger partial charge in [0.05, 0.1) is 0 Å². The van der Waals surface area contributed by atoms with Gasteiger partial charge in [0, 0.05) is 44.1 Å². The van der Waals surface area contributed by atoms with E-state index >= 15 is 0 Å². The van der Waals surface area contributed by atoms with Gasteiger partial charge in [0.15, 0.2) is 0 Å². The van der Waals surface area contributed by atoms with Crippen molar-refractivity contribution in [2.45, 2.75) is 25.9 Å². The fourth-order valence-electron chi connectivity index (χ4n) is 2.06. The van der Waals surface area contributed by atoms with Crippen LogP contribution in [-0.2, 0) is 11.3 Å². The second-order valence-corrected chi connectivity index (χ2v) is 5.14. The number of rotatable bonds is 6. The summed E-state index contributed by atoms with van der Waals surface area (Å²) < 4.78 is 0. The maximum atomic E-state index is 12.2. The average Bonchev–Trinajstić information content (AvgIpc) is 2.54. The van der Waals surface area contributed by atoms with Crippen molar-refractivity contribution in [2.75, 3.05) is 11.9 Å². The molecule has 0 spiro atoms. The van der Waals surface area contributed by atoms with Gasteiger partial charge in [-0.1, -0.05) is 24.3 Å². The van der Waals surface area contributed by atoms with Gasteiger partial charge < -0.3 is 10.2 Å². The molecule has 0 aliphatic heterocycles. The van der Waals surface area contributed by atoms with Crippen molar-refractivity contribution in [3.05, 3.63) is 60.4 Å². The largest absolute Gasteiger partial charge is 0.315 e. The molecule has 1 heterocycles. The van der Waals surface area contributed by atoms with Crippen LogP contribution in [0.5, 0.6) is 0 Å². The lowest BCUT2D eigenvalue weighted by molar-refractivity contribution is -0.118. The van der Waals surface area contributed by atoms with Crippen LogP contribution >= 0.6 is 0 Å². The molecule has 1 aromatic heterocycles. The van der Waals surface area contributed by atoms with E-state index in [1.54, 1.807) is 11.1 Å². The predicted octanol–water partition coefficient (Wildman–Crippen LogP) is 2.61. The number of nitrogens with zero attached hydrogens (tertiary/aromatic N) is 2. The van der Waals surface area contributed by atoms with Crippen LogP contribution in [-0.4, -0.2) is 24.0 Å².